The summed E-state index contributed by atoms with van der Waals surface area (Å²) in [5.41, 5.74) is 7.77. The van der Waals surface area contributed by atoms with E-state index in [9.17, 15) is 0 Å². The van der Waals surface area contributed by atoms with Crippen LogP contribution in [0.1, 0.15) is 31.2 Å². The van der Waals surface area contributed by atoms with Crippen LogP contribution in [0.2, 0.25) is 0 Å². The summed E-state index contributed by atoms with van der Waals surface area (Å²) in [7, 11) is 0. The SMILES string of the molecule is N[C@H]1CC[C@@H]2CC[C@@]1(c1ccccc1)N2. The average Bonchev–Trinajstić information content (AvgIpc) is 2.66. The minimum Gasteiger partial charge on any atom is -0.326 e. The summed E-state index contributed by atoms with van der Waals surface area (Å²) in [4.78, 5) is 0. The van der Waals surface area contributed by atoms with E-state index in [0.29, 0.717) is 6.04 Å². The standard InChI is InChI=1S/C13H18N2/c14-12-7-6-11-8-9-13(12,15-11)10-4-2-1-3-5-10/h1-5,11-12,15H,6-9,14H2/t11-,12+,13+/m1/s1. The molecule has 2 heterocycles. The van der Waals surface area contributed by atoms with Crippen molar-refractivity contribution in [3.8, 4) is 0 Å². The summed E-state index contributed by atoms with van der Waals surface area (Å²) in [5.74, 6) is 0. The van der Waals surface area contributed by atoms with E-state index >= 15 is 0 Å². The smallest absolute Gasteiger partial charge is 0.0590 e. The Hall–Kier alpha value is -0.860. The molecule has 2 nitrogen and oxygen atoms in total. The minimum absolute atomic E-state index is 0.0736. The number of hydrogen-bond donors (Lipinski definition) is 2. The molecule has 2 fully saturated rings. The zero-order chi connectivity index (χ0) is 10.3. The van der Waals surface area contributed by atoms with Gasteiger partial charge in [-0.25, -0.2) is 0 Å². The number of rotatable bonds is 1. The Morgan fingerprint density at radius 1 is 1.13 bits per heavy atom. The third kappa shape index (κ3) is 1.32. The van der Waals surface area contributed by atoms with Crippen molar-refractivity contribution in [1.29, 1.82) is 0 Å². The number of piperidine rings is 1. The van der Waals surface area contributed by atoms with Crippen molar-refractivity contribution >= 4 is 0 Å². The third-order valence-corrected chi connectivity index (χ3v) is 4.10. The van der Waals surface area contributed by atoms with Crippen LogP contribution in [0.25, 0.3) is 0 Å². The largest absolute Gasteiger partial charge is 0.326 e. The molecule has 0 amide bonds. The molecule has 0 aliphatic carbocycles. The van der Waals surface area contributed by atoms with E-state index in [4.69, 9.17) is 5.73 Å². The van der Waals surface area contributed by atoms with Gasteiger partial charge in [0.1, 0.15) is 0 Å². The second-order valence-electron chi connectivity index (χ2n) is 4.90. The van der Waals surface area contributed by atoms with Crippen LogP contribution in [-0.4, -0.2) is 12.1 Å². The zero-order valence-electron chi connectivity index (χ0n) is 8.95. The fourth-order valence-corrected chi connectivity index (χ4v) is 3.22. The first-order valence-corrected chi connectivity index (χ1v) is 5.90. The van der Waals surface area contributed by atoms with Crippen LogP contribution in [0.3, 0.4) is 0 Å². The summed E-state index contributed by atoms with van der Waals surface area (Å²) in [6.07, 6.45) is 4.88. The van der Waals surface area contributed by atoms with Crippen LogP contribution in [0.5, 0.6) is 0 Å². The van der Waals surface area contributed by atoms with Crippen molar-refractivity contribution in [3.63, 3.8) is 0 Å². The molecule has 1 aromatic carbocycles. The van der Waals surface area contributed by atoms with Gasteiger partial charge in [-0.1, -0.05) is 30.3 Å². The maximum Gasteiger partial charge on any atom is 0.0590 e. The highest BCUT2D eigenvalue weighted by Gasteiger charge is 2.47. The molecule has 15 heavy (non-hydrogen) atoms. The Kier molecular flexibility index (Phi) is 2.08. The Labute approximate surface area is 90.9 Å². The van der Waals surface area contributed by atoms with E-state index in [1.54, 1.807) is 0 Å². The van der Waals surface area contributed by atoms with Crippen molar-refractivity contribution in [2.24, 2.45) is 5.73 Å². The van der Waals surface area contributed by atoms with E-state index in [1.165, 1.54) is 24.8 Å². The third-order valence-electron chi connectivity index (χ3n) is 4.10. The van der Waals surface area contributed by atoms with Crippen molar-refractivity contribution in [2.45, 2.75) is 43.3 Å². The number of benzene rings is 1. The van der Waals surface area contributed by atoms with Gasteiger partial charge in [0.05, 0.1) is 5.54 Å². The molecule has 2 heteroatoms. The van der Waals surface area contributed by atoms with Gasteiger partial charge in [-0.15, -0.1) is 0 Å². The maximum atomic E-state index is 6.32. The maximum absolute atomic E-state index is 6.32. The molecular weight excluding hydrogens is 184 g/mol. The van der Waals surface area contributed by atoms with Crippen LogP contribution >= 0.6 is 0 Å². The fourth-order valence-electron chi connectivity index (χ4n) is 3.22. The predicted molar refractivity (Wildman–Crippen MR) is 61.5 cm³/mol. The molecule has 3 rings (SSSR count). The fraction of sp³-hybridized carbons (Fsp3) is 0.538. The highest BCUT2D eigenvalue weighted by Crippen LogP contribution is 2.42. The molecule has 2 saturated heterocycles. The van der Waals surface area contributed by atoms with Crippen molar-refractivity contribution in [2.75, 3.05) is 0 Å². The molecule has 3 atom stereocenters. The Bertz CT molecular complexity index is 349. The van der Waals surface area contributed by atoms with Gasteiger partial charge < -0.3 is 11.1 Å². The van der Waals surface area contributed by atoms with E-state index in [2.05, 4.69) is 35.6 Å². The first-order valence-electron chi connectivity index (χ1n) is 5.90. The molecule has 2 aliphatic rings. The average molecular weight is 202 g/mol. The molecule has 0 aromatic heterocycles. The zero-order valence-corrected chi connectivity index (χ0v) is 8.95. The number of hydrogen-bond acceptors (Lipinski definition) is 2. The molecule has 0 unspecified atom stereocenters. The highest BCUT2D eigenvalue weighted by molar-refractivity contribution is 5.30. The van der Waals surface area contributed by atoms with Crippen LogP contribution in [0.15, 0.2) is 30.3 Å². The quantitative estimate of drug-likeness (QED) is 0.728. The molecule has 80 valence electrons. The minimum atomic E-state index is 0.0736. The molecule has 3 N–H and O–H groups in total. The number of nitrogens with two attached hydrogens (primary N) is 1. The van der Waals surface area contributed by atoms with Crippen molar-refractivity contribution in [3.05, 3.63) is 35.9 Å². The Morgan fingerprint density at radius 3 is 2.73 bits per heavy atom. The van der Waals surface area contributed by atoms with Gasteiger partial charge in [0.2, 0.25) is 0 Å². The van der Waals surface area contributed by atoms with Gasteiger partial charge in [0, 0.05) is 12.1 Å². The molecule has 2 aliphatic heterocycles. The van der Waals surface area contributed by atoms with Crippen LogP contribution in [-0.2, 0) is 5.54 Å². The second-order valence-corrected chi connectivity index (χ2v) is 4.90. The number of fused-ring (bicyclic) bond motifs is 2. The lowest BCUT2D eigenvalue weighted by atomic mass is 9.79. The molecule has 0 spiro atoms. The molecular formula is C13H18N2. The molecule has 1 aromatic rings. The summed E-state index contributed by atoms with van der Waals surface area (Å²) in [5, 5.41) is 3.74. The Balaban J connectivity index is 2.02. The number of nitrogens with one attached hydrogen (secondary N) is 1. The van der Waals surface area contributed by atoms with E-state index in [-0.39, 0.29) is 11.6 Å². The van der Waals surface area contributed by atoms with Crippen LogP contribution < -0.4 is 11.1 Å². The summed E-state index contributed by atoms with van der Waals surface area (Å²) in [6, 6.07) is 11.7. The lowest BCUT2D eigenvalue weighted by Crippen LogP contribution is -2.57. The normalized spacial score (nSPS) is 39.3. The first kappa shape index (κ1) is 9.37. The predicted octanol–water partition coefficient (Wildman–Crippen LogP) is 1.75. The monoisotopic (exact) mass is 202 g/mol. The van der Waals surface area contributed by atoms with Crippen molar-refractivity contribution in [1.82, 2.24) is 5.32 Å². The van der Waals surface area contributed by atoms with Gasteiger partial charge in [0.25, 0.3) is 0 Å². The Morgan fingerprint density at radius 2 is 1.93 bits per heavy atom. The van der Waals surface area contributed by atoms with E-state index < -0.39 is 0 Å². The first-order chi connectivity index (χ1) is 7.31. The van der Waals surface area contributed by atoms with E-state index in [0.717, 1.165) is 6.42 Å². The highest BCUT2D eigenvalue weighted by atomic mass is 15.1. The second kappa shape index (κ2) is 3.32. The van der Waals surface area contributed by atoms with Crippen LogP contribution in [0, 0.1) is 0 Å². The van der Waals surface area contributed by atoms with Gasteiger partial charge >= 0.3 is 0 Å². The summed E-state index contributed by atoms with van der Waals surface area (Å²) in [6.45, 7) is 0. The molecule has 0 saturated carbocycles. The van der Waals surface area contributed by atoms with Crippen molar-refractivity contribution < 1.29 is 0 Å². The van der Waals surface area contributed by atoms with Gasteiger partial charge in [0.15, 0.2) is 0 Å². The summed E-state index contributed by atoms with van der Waals surface area (Å²) >= 11 is 0. The summed E-state index contributed by atoms with van der Waals surface area (Å²) < 4.78 is 0. The van der Waals surface area contributed by atoms with Gasteiger partial charge in [-0.3, -0.25) is 0 Å². The molecule has 2 bridgehead atoms. The lowest BCUT2D eigenvalue weighted by molar-refractivity contribution is 0.238. The van der Waals surface area contributed by atoms with Crippen LogP contribution in [0.4, 0.5) is 0 Å². The molecule has 0 radical (unpaired) electrons. The van der Waals surface area contributed by atoms with Gasteiger partial charge in [-0.05, 0) is 31.2 Å². The topological polar surface area (TPSA) is 38.0 Å². The van der Waals surface area contributed by atoms with E-state index in [1.807, 2.05) is 0 Å². The lowest BCUT2D eigenvalue weighted by Gasteiger charge is -2.40. The van der Waals surface area contributed by atoms with Gasteiger partial charge in [-0.2, -0.15) is 0 Å².